The van der Waals surface area contributed by atoms with Crippen molar-refractivity contribution in [3.05, 3.63) is 95.4 Å². The number of carbonyl (C=O) groups is 4. The highest BCUT2D eigenvalue weighted by molar-refractivity contribution is 7.13. The Hall–Kier alpha value is -6.17. The van der Waals surface area contributed by atoms with Gasteiger partial charge in [-0.15, -0.1) is 11.3 Å². The lowest BCUT2D eigenvalue weighted by Crippen LogP contribution is -2.58. The molecule has 17 heteroatoms. The van der Waals surface area contributed by atoms with Crippen LogP contribution in [0.4, 0.5) is 11.4 Å². The second kappa shape index (κ2) is 19.3. The summed E-state index contributed by atoms with van der Waals surface area (Å²) in [5.74, 6) is -1.12. The van der Waals surface area contributed by atoms with E-state index in [1.54, 1.807) is 55.0 Å². The Morgan fingerprint density at radius 3 is 2.48 bits per heavy atom. The first-order valence-electron chi connectivity index (χ1n) is 20.6. The number of anilines is 2. The smallest absolute Gasteiger partial charge is 0.274 e. The van der Waals surface area contributed by atoms with Crippen LogP contribution in [0, 0.1) is 12.3 Å². The lowest BCUT2D eigenvalue weighted by Gasteiger charge is -2.36. The van der Waals surface area contributed by atoms with Crippen LogP contribution in [0.5, 0.6) is 5.75 Å². The molecule has 0 saturated carbocycles. The SMILES string of the molecule is COc1cc(N2CCC(OCC(=O)NC(C(=O)N3CC(O)CC3C(=O)NCc3ccc(-c4scnc4C)cc3)C(C)(C)C)CC2)ccc1NC(=O)c1cccc(-c2ccn[nH]2)n1. The van der Waals surface area contributed by atoms with Crippen LogP contribution in [0.3, 0.4) is 0 Å². The topological polar surface area (TPSA) is 204 Å². The van der Waals surface area contributed by atoms with Crippen molar-refractivity contribution in [1.82, 2.24) is 35.7 Å². The lowest BCUT2D eigenvalue weighted by atomic mass is 9.85. The van der Waals surface area contributed by atoms with Crippen molar-refractivity contribution in [1.29, 1.82) is 0 Å². The van der Waals surface area contributed by atoms with Crippen molar-refractivity contribution in [3.8, 4) is 27.6 Å². The summed E-state index contributed by atoms with van der Waals surface area (Å²) in [7, 11) is 1.55. The number of piperidine rings is 1. The first-order chi connectivity index (χ1) is 29.8. The van der Waals surface area contributed by atoms with Crippen molar-refractivity contribution in [3.63, 3.8) is 0 Å². The van der Waals surface area contributed by atoms with Crippen molar-refractivity contribution in [2.75, 3.05) is 43.6 Å². The third-order valence-electron chi connectivity index (χ3n) is 11.2. The number of aliphatic hydroxyl groups excluding tert-OH is 1. The van der Waals surface area contributed by atoms with E-state index in [1.807, 2.05) is 69.6 Å². The van der Waals surface area contributed by atoms with E-state index >= 15 is 0 Å². The number of aromatic nitrogens is 4. The lowest BCUT2D eigenvalue weighted by molar-refractivity contribution is -0.145. The third-order valence-corrected chi connectivity index (χ3v) is 12.1. The molecule has 0 aliphatic carbocycles. The zero-order valence-corrected chi connectivity index (χ0v) is 36.3. The number of amides is 4. The zero-order valence-electron chi connectivity index (χ0n) is 35.5. The quantitative estimate of drug-likeness (QED) is 0.101. The summed E-state index contributed by atoms with van der Waals surface area (Å²) in [4.78, 5) is 67.5. The minimum Gasteiger partial charge on any atom is -0.494 e. The second-order valence-corrected chi connectivity index (χ2v) is 17.5. The largest absolute Gasteiger partial charge is 0.494 e. The molecule has 2 saturated heterocycles. The van der Waals surface area contributed by atoms with E-state index < -0.39 is 35.4 Å². The summed E-state index contributed by atoms with van der Waals surface area (Å²) in [6.45, 7) is 8.84. The van der Waals surface area contributed by atoms with Crippen molar-refractivity contribution in [2.45, 2.75) is 77.8 Å². The molecule has 3 unspecified atom stereocenters. The zero-order chi connectivity index (χ0) is 44.0. The maximum Gasteiger partial charge on any atom is 0.274 e. The normalized spacial score (nSPS) is 17.4. The van der Waals surface area contributed by atoms with Crippen molar-refractivity contribution >= 4 is 46.3 Å². The fourth-order valence-corrected chi connectivity index (χ4v) is 8.54. The maximum atomic E-state index is 14.1. The van der Waals surface area contributed by atoms with Gasteiger partial charge in [-0.1, -0.05) is 51.1 Å². The number of rotatable bonds is 14. The third kappa shape index (κ3) is 10.5. The Morgan fingerprint density at radius 1 is 1.03 bits per heavy atom. The molecule has 326 valence electrons. The fraction of sp³-hybridized carbons (Fsp3) is 0.400. The molecule has 2 aliphatic rings. The van der Waals surface area contributed by atoms with Gasteiger partial charge in [-0.25, -0.2) is 9.97 Å². The predicted octanol–water partition coefficient (Wildman–Crippen LogP) is 4.96. The van der Waals surface area contributed by atoms with Gasteiger partial charge in [0.15, 0.2) is 0 Å². The van der Waals surface area contributed by atoms with Gasteiger partial charge in [0.25, 0.3) is 5.91 Å². The number of ether oxygens (including phenoxy) is 2. The van der Waals surface area contributed by atoms with Gasteiger partial charge in [0.05, 0.1) is 52.5 Å². The molecule has 5 N–H and O–H groups in total. The Bertz CT molecular complexity index is 2360. The number of hydrogen-bond donors (Lipinski definition) is 5. The Morgan fingerprint density at radius 2 is 1.81 bits per heavy atom. The van der Waals surface area contributed by atoms with Crippen molar-refractivity contribution in [2.24, 2.45) is 5.41 Å². The van der Waals surface area contributed by atoms with Gasteiger partial charge < -0.3 is 40.3 Å². The number of methoxy groups -OCH3 is 1. The molecule has 62 heavy (non-hydrogen) atoms. The van der Waals surface area contributed by atoms with Crippen LogP contribution in [0.25, 0.3) is 21.8 Å². The van der Waals surface area contributed by atoms with E-state index in [0.29, 0.717) is 48.8 Å². The van der Waals surface area contributed by atoms with Gasteiger partial charge in [0, 0.05) is 50.6 Å². The minimum absolute atomic E-state index is 0.0141. The van der Waals surface area contributed by atoms with Gasteiger partial charge in [0.2, 0.25) is 17.7 Å². The minimum atomic E-state index is -0.963. The highest BCUT2D eigenvalue weighted by Gasteiger charge is 2.44. The molecular weight excluding hydrogens is 811 g/mol. The van der Waals surface area contributed by atoms with Gasteiger partial charge in [0.1, 0.15) is 30.1 Å². The number of aryl methyl sites for hydroxylation is 1. The predicted molar refractivity (Wildman–Crippen MR) is 236 cm³/mol. The van der Waals surface area contributed by atoms with Gasteiger partial charge in [-0.3, -0.25) is 24.3 Å². The molecule has 3 aromatic heterocycles. The molecule has 16 nitrogen and oxygen atoms in total. The van der Waals surface area contributed by atoms with Crippen LogP contribution in [-0.4, -0.2) is 111 Å². The van der Waals surface area contributed by atoms with E-state index in [2.05, 4.69) is 41.0 Å². The first kappa shape index (κ1) is 43.9. The summed E-state index contributed by atoms with van der Waals surface area (Å²) in [5.41, 5.74) is 6.99. The number of hydrogen-bond acceptors (Lipinski definition) is 12. The number of aromatic amines is 1. The molecule has 0 radical (unpaired) electrons. The number of aliphatic hydroxyl groups is 1. The second-order valence-electron chi connectivity index (χ2n) is 16.7. The number of nitrogens with zero attached hydrogens (tertiary/aromatic N) is 5. The van der Waals surface area contributed by atoms with Crippen molar-refractivity contribution < 1.29 is 33.8 Å². The highest BCUT2D eigenvalue weighted by Crippen LogP contribution is 2.33. The molecule has 5 aromatic rings. The summed E-state index contributed by atoms with van der Waals surface area (Å²) in [6.07, 6.45) is 1.99. The summed E-state index contributed by atoms with van der Waals surface area (Å²) >= 11 is 1.57. The number of likely N-dealkylation sites (tertiary alicyclic amines) is 1. The van der Waals surface area contributed by atoms with Crippen LogP contribution in [0.1, 0.15) is 61.8 Å². The molecule has 2 fully saturated rings. The molecule has 4 amide bonds. The van der Waals surface area contributed by atoms with Crippen LogP contribution in [-0.2, 0) is 25.7 Å². The monoisotopic (exact) mass is 863 g/mol. The fourth-order valence-electron chi connectivity index (χ4n) is 7.73. The van der Waals surface area contributed by atoms with Crippen LogP contribution in [0.2, 0.25) is 0 Å². The van der Waals surface area contributed by atoms with Gasteiger partial charge >= 0.3 is 0 Å². The van der Waals surface area contributed by atoms with E-state index in [9.17, 15) is 24.3 Å². The molecular formula is C45H53N9O7S. The number of nitrogens with one attached hydrogen (secondary N) is 4. The summed E-state index contributed by atoms with van der Waals surface area (Å²) in [6, 6.07) is 18.6. The molecule has 0 bridgehead atoms. The Kier molecular flexibility index (Phi) is 13.6. The van der Waals surface area contributed by atoms with Crippen LogP contribution >= 0.6 is 11.3 Å². The molecule has 2 aromatic carbocycles. The molecule has 0 spiro atoms. The average molecular weight is 864 g/mol. The molecule has 5 heterocycles. The number of carbonyl (C=O) groups excluding carboxylic acids is 4. The van der Waals surface area contributed by atoms with E-state index in [4.69, 9.17) is 9.47 Å². The Balaban J connectivity index is 0.887. The average Bonchev–Trinajstić information content (AvgIpc) is 4.06. The van der Waals surface area contributed by atoms with E-state index in [-0.39, 0.29) is 49.7 Å². The van der Waals surface area contributed by atoms with Gasteiger partial charge in [-0.2, -0.15) is 5.10 Å². The van der Waals surface area contributed by atoms with Crippen LogP contribution in [0.15, 0.2) is 78.4 Å². The summed E-state index contributed by atoms with van der Waals surface area (Å²) in [5, 5.41) is 26.1. The standard InChI is InChI=1S/C45H53N9O7S/c1-27-40(62-26-47-27)29-11-9-28(10-12-29)23-46-43(58)37-22-31(55)24-54(37)44(59)41(45(2,3)4)51-39(56)25-61-32-16-19-53(20-17-32)30-13-14-35(38(21-30)60-5)50-42(57)36-8-6-7-33(49-36)34-15-18-48-52-34/h6-15,18,21,26,31-32,37,41,55H,16-17,19-20,22-25H2,1-5H3,(H,46,58)(H,48,52)(H,50,57)(H,51,56). The number of benzene rings is 2. The number of thiazole rings is 1. The Labute approximate surface area is 364 Å². The van der Waals surface area contributed by atoms with E-state index in [0.717, 1.165) is 27.4 Å². The maximum absolute atomic E-state index is 14.1. The summed E-state index contributed by atoms with van der Waals surface area (Å²) < 4.78 is 11.7. The number of β-amino-alcohol motifs (C(OH)–C–C–N with tert-alkyl or cyclic N) is 1. The highest BCUT2D eigenvalue weighted by atomic mass is 32.1. The first-order valence-corrected chi connectivity index (χ1v) is 21.5. The van der Waals surface area contributed by atoms with E-state index in [1.165, 1.54) is 4.90 Å². The number of pyridine rings is 1. The molecule has 7 rings (SSSR count). The van der Waals surface area contributed by atoms with Gasteiger partial charge in [-0.05, 0) is 66.6 Å². The number of H-pyrrole nitrogens is 1. The molecule has 2 aliphatic heterocycles. The van der Waals surface area contributed by atoms with Crippen LogP contribution < -0.4 is 25.6 Å². The molecule has 3 atom stereocenters.